The summed E-state index contributed by atoms with van der Waals surface area (Å²) in [4.78, 5) is 14.1. The molecule has 0 saturated carbocycles. The molecule has 0 spiro atoms. The van der Waals surface area contributed by atoms with Gasteiger partial charge in [0.25, 0.3) is 0 Å². The number of hydrogen-bond acceptors (Lipinski definition) is 4. The lowest BCUT2D eigenvalue weighted by Gasteiger charge is -2.34. The SMILES string of the molecule is COc1cc([C@@H]2CC(=O)Nc3sc4c(c32)CC[C@@H](C(C)(C)C)C4)ccc1OCc1ccccc1F. The molecular weight excluding hydrogens is 461 g/mol. The van der Waals surface area contributed by atoms with Crippen LogP contribution in [0.3, 0.4) is 0 Å². The van der Waals surface area contributed by atoms with Crippen molar-refractivity contribution in [2.45, 2.75) is 59.0 Å². The van der Waals surface area contributed by atoms with E-state index in [9.17, 15) is 9.18 Å². The summed E-state index contributed by atoms with van der Waals surface area (Å²) in [6.45, 7) is 7.08. The maximum absolute atomic E-state index is 14.0. The fourth-order valence-electron chi connectivity index (χ4n) is 5.35. The normalized spacial score (nSPS) is 19.5. The molecule has 2 aliphatic rings. The van der Waals surface area contributed by atoms with Gasteiger partial charge in [-0.3, -0.25) is 4.79 Å². The largest absolute Gasteiger partial charge is 0.493 e. The van der Waals surface area contributed by atoms with Crippen LogP contribution in [0.5, 0.6) is 11.5 Å². The molecule has 1 aromatic heterocycles. The number of hydrogen-bond donors (Lipinski definition) is 1. The van der Waals surface area contributed by atoms with E-state index in [0.29, 0.717) is 29.4 Å². The number of thiophene rings is 1. The second kappa shape index (κ2) is 9.30. The average molecular weight is 494 g/mol. The van der Waals surface area contributed by atoms with Crippen molar-refractivity contribution in [2.75, 3.05) is 12.4 Å². The highest BCUT2D eigenvalue weighted by Crippen LogP contribution is 2.50. The highest BCUT2D eigenvalue weighted by atomic mass is 32.1. The van der Waals surface area contributed by atoms with Gasteiger partial charge in [-0.1, -0.05) is 45.0 Å². The van der Waals surface area contributed by atoms with Gasteiger partial charge in [0.1, 0.15) is 12.4 Å². The number of carbonyl (C=O) groups is 1. The van der Waals surface area contributed by atoms with E-state index in [-0.39, 0.29) is 29.7 Å². The molecular formula is C29H32FNO3S. The fraction of sp³-hybridized carbons (Fsp3) is 0.414. The van der Waals surface area contributed by atoms with E-state index >= 15 is 0 Å². The Morgan fingerprint density at radius 2 is 1.91 bits per heavy atom. The molecule has 1 amide bonds. The van der Waals surface area contributed by atoms with Gasteiger partial charge in [-0.25, -0.2) is 4.39 Å². The Hall–Kier alpha value is -2.86. The maximum Gasteiger partial charge on any atom is 0.225 e. The van der Waals surface area contributed by atoms with Crippen LogP contribution in [-0.2, 0) is 24.2 Å². The van der Waals surface area contributed by atoms with E-state index in [1.54, 1.807) is 36.6 Å². The molecule has 35 heavy (non-hydrogen) atoms. The smallest absolute Gasteiger partial charge is 0.225 e. The lowest BCUT2D eigenvalue weighted by atomic mass is 9.71. The molecule has 5 rings (SSSR count). The van der Waals surface area contributed by atoms with Crippen LogP contribution in [0.1, 0.15) is 66.7 Å². The van der Waals surface area contributed by atoms with Gasteiger partial charge in [-0.05, 0) is 65.5 Å². The first-order chi connectivity index (χ1) is 16.7. The maximum atomic E-state index is 14.0. The van der Waals surface area contributed by atoms with Crippen LogP contribution >= 0.6 is 11.3 Å². The van der Waals surface area contributed by atoms with Crippen molar-refractivity contribution in [3.8, 4) is 11.5 Å². The zero-order chi connectivity index (χ0) is 24.7. The zero-order valence-corrected chi connectivity index (χ0v) is 21.6. The summed E-state index contributed by atoms with van der Waals surface area (Å²) in [5, 5.41) is 4.15. The molecule has 2 heterocycles. The number of ether oxygens (including phenoxy) is 2. The third kappa shape index (κ3) is 4.68. The lowest BCUT2D eigenvalue weighted by Crippen LogP contribution is -2.27. The van der Waals surface area contributed by atoms with Crippen LogP contribution < -0.4 is 14.8 Å². The Kier molecular flexibility index (Phi) is 6.34. The Labute approximate surface area is 210 Å². The standard InChI is InChI=1S/C29H32FNO3S/c1-29(2,3)19-10-11-20-25(14-19)35-28-27(20)21(15-26(32)31-28)17-9-12-23(24(13-17)33-4)34-16-18-7-5-6-8-22(18)30/h5-9,12-13,19,21H,10-11,14-16H2,1-4H3,(H,31,32)/t19-,21+/m1/s1. The topological polar surface area (TPSA) is 47.6 Å². The first kappa shape index (κ1) is 23.9. The molecule has 184 valence electrons. The molecule has 2 atom stereocenters. The fourth-order valence-corrected chi connectivity index (χ4v) is 6.76. The van der Waals surface area contributed by atoms with Crippen LogP contribution in [-0.4, -0.2) is 13.0 Å². The molecule has 1 N–H and O–H groups in total. The Bertz CT molecular complexity index is 1260. The second-order valence-electron chi connectivity index (χ2n) is 10.6. The van der Waals surface area contributed by atoms with Crippen LogP contribution in [0.15, 0.2) is 42.5 Å². The number of benzene rings is 2. The van der Waals surface area contributed by atoms with Gasteiger partial charge < -0.3 is 14.8 Å². The summed E-state index contributed by atoms with van der Waals surface area (Å²) < 4.78 is 25.6. The second-order valence-corrected chi connectivity index (χ2v) is 11.8. The van der Waals surface area contributed by atoms with E-state index < -0.39 is 0 Å². The number of fused-ring (bicyclic) bond motifs is 3. The van der Waals surface area contributed by atoms with Crippen LogP contribution in [0.2, 0.25) is 0 Å². The Balaban J connectivity index is 1.44. The number of anilines is 1. The molecule has 0 bridgehead atoms. The predicted molar refractivity (Wildman–Crippen MR) is 138 cm³/mol. The van der Waals surface area contributed by atoms with Crippen LogP contribution in [0.25, 0.3) is 0 Å². The van der Waals surface area contributed by atoms with Gasteiger partial charge >= 0.3 is 0 Å². The summed E-state index contributed by atoms with van der Waals surface area (Å²) in [5.74, 6) is 1.53. The molecule has 0 radical (unpaired) electrons. The van der Waals surface area contributed by atoms with Crippen LogP contribution in [0.4, 0.5) is 9.39 Å². The van der Waals surface area contributed by atoms with Gasteiger partial charge in [0.2, 0.25) is 5.91 Å². The van der Waals surface area contributed by atoms with Crippen molar-refractivity contribution in [1.29, 1.82) is 0 Å². The number of carbonyl (C=O) groups excluding carboxylic acids is 1. The number of methoxy groups -OCH3 is 1. The summed E-state index contributed by atoms with van der Waals surface area (Å²) in [7, 11) is 1.60. The van der Waals surface area contributed by atoms with Gasteiger partial charge in [0.15, 0.2) is 11.5 Å². The minimum Gasteiger partial charge on any atom is -0.493 e. The molecule has 0 saturated heterocycles. The summed E-state index contributed by atoms with van der Waals surface area (Å²) in [5.41, 5.74) is 4.50. The molecule has 2 aromatic carbocycles. The highest BCUT2D eigenvalue weighted by molar-refractivity contribution is 7.16. The highest BCUT2D eigenvalue weighted by Gasteiger charge is 2.37. The molecule has 4 nitrogen and oxygen atoms in total. The van der Waals surface area contributed by atoms with E-state index in [1.807, 2.05) is 18.2 Å². The van der Waals surface area contributed by atoms with Gasteiger partial charge in [-0.2, -0.15) is 0 Å². The average Bonchev–Trinajstić information content (AvgIpc) is 3.19. The van der Waals surface area contributed by atoms with Crippen LogP contribution in [0, 0.1) is 17.2 Å². The molecule has 3 aromatic rings. The minimum absolute atomic E-state index is 0.0144. The number of amides is 1. The quantitative estimate of drug-likeness (QED) is 0.412. The van der Waals surface area contributed by atoms with Crippen molar-refractivity contribution in [1.82, 2.24) is 0 Å². The van der Waals surface area contributed by atoms with E-state index in [0.717, 1.165) is 23.4 Å². The Morgan fingerprint density at radius 3 is 2.66 bits per heavy atom. The van der Waals surface area contributed by atoms with E-state index in [2.05, 4.69) is 26.1 Å². The summed E-state index contributed by atoms with van der Waals surface area (Å²) in [6, 6.07) is 12.4. The minimum atomic E-state index is -0.292. The number of nitrogens with one attached hydrogen (secondary N) is 1. The van der Waals surface area contributed by atoms with Crippen molar-refractivity contribution >= 4 is 22.2 Å². The third-order valence-electron chi connectivity index (χ3n) is 7.45. The molecule has 0 fully saturated rings. The number of rotatable bonds is 5. The van der Waals surface area contributed by atoms with Gasteiger partial charge in [0, 0.05) is 22.8 Å². The Morgan fingerprint density at radius 1 is 1.11 bits per heavy atom. The van der Waals surface area contributed by atoms with E-state index in [4.69, 9.17) is 9.47 Å². The van der Waals surface area contributed by atoms with Crippen molar-refractivity contribution < 1.29 is 18.7 Å². The predicted octanol–water partition coefficient (Wildman–Crippen LogP) is 7.10. The van der Waals surface area contributed by atoms with Crippen molar-refractivity contribution in [3.63, 3.8) is 0 Å². The zero-order valence-electron chi connectivity index (χ0n) is 20.7. The van der Waals surface area contributed by atoms with Crippen molar-refractivity contribution in [2.24, 2.45) is 11.3 Å². The first-order valence-electron chi connectivity index (χ1n) is 12.2. The monoisotopic (exact) mass is 493 g/mol. The first-order valence-corrected chi connectivity index (χ1v) is 13.0. The molecule has 6 heteroatoms. The van der Waals surface area contributed by atoms with E-state index in [1.165, 1.54) is 28.5 Å². The lowest BCUT2D eigenvalue weighted by molar-refractivity contribution is -0.116. The summed E-state index contributed by atoms with van der Waals surface area (Å²) >= 11 is 1.76. The number of halogens is 1. The van der Waals surface area contributed by atoms with Gasteiger partial charge in [-0.15, -0.1) is 11.3 Å². The van der Waals surface area contributed by atoms with Crippen molar-refractivity contribution in [3.05, 3.63) is 75.4 Å². The third-order valence-corrected chi connectivity index (χ3v) is 8.64. The molecule has 1 aliphatic heterocycles. The molecule has 0 unspecified atom stereocenters. The van der Waals surface area contributed by atoms with Gasteiger partial charge in [0.05, 0.1) is 12.1 Å². The molecule has 1 aliphatic carbocycles. The summed E-state index contributed by atoms with van der Waals surface area (Å²) in [6.07, 6.45) is 3.71.